The van der Waals surface area contributed by atoms with Crippen LogP contribution in [0.4, 0.5) is 5.69 Å². The average molecular weight is 252 g/mol. The SMILES string of the molecule is COC(OC)C(C)(CN)N(C)c1cccc(C)c1. The summed E-state index contributed by atoms with van der Waals surface area (Å²) >= 11 is 0. The fraction of sp³-hybridized carbons (Fsp3) is 0.571. The highest BCUT2D eigenvalue weighted by Gasteiger charge is 2.38. The first-order valence-corrected chi connectivity index (χ1v) is 6.05. The first-order chi connectivity index (χ1) is 8.49. The van der Waals surface area contributed by atoms with E-state index >= 15 is 0 Å². The van der Waals surface area contributed by atoms with Crippen LogP contribution in [-0.2, 0) is 9.47 Å². The molecule has 1 aromatic carbocycles. The third-order valence-corrected chi connectivity index (χ3v) is 3.50. The summed E-state index contributed by atoms with van der Waals surface area (Å²) in [7, 11) is 5.27. The van der Waals surface area contributed by atoms with Crippen molar-refractivity contribution in [2.75, 3.05) is 32.7 Å². The first kappa shape index (κ1) is 15.0. The van der Waals surface area contributed by atoms with Crippen molar-refractivity contribution in [3.05, 3.63) is 29.8 Å². The van der Waals surface area contributed by atoms with Crippen molar-refractivity contribution in [2.24, 2.45) is 5.73 Å². The molecule has 18 heavy (non-hydrogen) atoms. The molecule has 0 fully saturated rings. The third kappa shape index (κ3) is 2.83. The van der Waals surface area contributed by atoms with Crippen LogP contribution in [0.15, 0.2) is 24.3 Å². The van der Waals surface area contributed by atoms with Crippen LogP contribution in [0, 0.1) is 6.92 Å². The lowest BCUT2D eigenvalue weighted by Crippen LogP contribution is -2.59. The van der Waals surface area contributed by atoms with Crippen molar-refractivity contribution >= 4 is 5.69 Å². The molecule has 1 rings (SSSR count). The molecule has 0 amide bonds. The molecule has 0 saturated carbocycles. The average Bonchev–Trinajstić information content (AvgIpc) is 2.38. The molecule has 4 heteroatoms. The van der Waals surface area contributed by atoms with Gasteiger partial charge in [-0.3, -0.25) is 0 Å². The van der Waals surface area contributed by atoms with Crippen LogP contribution in [0.2, 0.25) is 0 Å². The van der Waals surface area contributed by atoms with Gasteiger partial charge in [0.2, 0.25) is 0 Å². The van der Waals surface area contributed by atoms with E-state index in [0.717, 1.165) is 5.69 Å². The highest BCUT2D eigenvalue weighted by molar-refractivity contribution is 5.50. The van der Waals surface area contributed by atoms with Crippen LogP contribution >= 0.6 is 0 Å². The second-order valence-electron chi connectivity index (χ2n) is 4.76. The van der Waals surface area contributed by atoms with Crippen LogP contribution < -0.4 is 10.6 Å². The molecule has 1 aromatic rings. The Balaban J connectivity index is 3.07. The molecule has 0 aromatic heterocycles. The van der Waals surface area contributed by atoms with Gasteiger partial charge in [-0.25, -0.2) is 0 Å². The summed E-state index contributed by atoms with van der Waals surface area (Å²) < 4.78 is 10.8. The van der Waals surface area contributed by atoms with Crippen molar-refractivity contribution in [1.29, 1.82) is 0 Å². The fourth-order valence-electron chi connectivity index (χ4n) is 2.13. The molecule has 0 bridgehead atoms. The number of anilines is 1. The summed E-state index contributed by atoms with van der Waals surface area (Å²) in [6.45, 7) is 4.54. The van der Waals surface area contributed by atoms with E-state index < -0.39 is 5.54 Å². The van der Waals surface area contributed by atoms with Crippen LogP contribution in [0.3, 0.4) is 0 Å². The Labute approximate surface area is 110 Å². The number of hydrogen-bond donors (Lipinski definition) is 1. The maximum Gasteiger partial charge on any atom is 0.180 e. The molecule has 0 aliphatic heterocycles. The Kier molecular flexibility index (Phi) is 5.14. The Bertz CT molecular complexity index is 380. The lowest BCUT2D eigenvalue weighted by Gasteiger charge is -2.43. The van der Waals surface area contributed by atoms with Crippen LogP contribution in [-0.4, -0.2) is 39.6 Å². The summed E-state index contributed by atoms with van der Waals surface area (Å²) in [6.07, 6.45) is -0.381. The first-order valence-electron chi connectivity index (χ1n) is 6.05. The molecule has 0 saturated heterocycles. The topological polar surface area (TPSA) is 47.7 Å². The maximum absolute atomic E-state index is 5.93. The largest absolute Gasteiger partial charge is 0.363 e. The molecule has 1 unspecified atom stereocenters. The van der Waals surface area contributed by atoms with E-state index in [1.165, 1.54) is 5.56 Å². The summed E-state index contributed by atoms with van der Waals surface area (Å²) in [4.78, 5) is 2.11. The molecule has 0 heterocycles. The van der Waals surface area contributed by atoms with Crippen molar-refractivity contribution in [1.82, 2.24) is 0 Å². The zero-order chi connectivity index (χ0) is 13.8. The Morgan fingerprint density at radius 3 is 2.39 bits per heavy atom. The van der Waals surface area contributed by atoms with E-state index in [2.05, 4.69) is 30.0 Å². The smallest absolute Gasteiger partial charge is 0.180 e. The van der Waals surface area contributed by atoms with Crippen LogP contribution in [0.5, 0.6) is 0 Å². The number of hydrogen-bond acceptors (Lipinski definition) is 4. The Morgan fingerprint density at radius 1 is 1.33 bits per heavy atom. The molecular formula is C14H24N2O2. The molecule has 1 atom stereocenters. The van der Waals surface area contributed by atoms with Gasteiger partial charge in [-0.2, -0.15) is 0 Å². The quantitative estimate of drug-likeness (QED) is 0.784. The monoisotopic (exact) mass is 252 g/mol. The zero-order valence-corrected chi connectivity index (χ0v) is 11.9. The van der Waals surface area contributed by atoms with Crippen molar-refractivity contribution in [3.63, 3.8) is 0 Å². The number of methoxy groups -OCH3 is 2. The summed E-state index contributed by atoms with van der Waals surface area (Å²) in [5.41, 5.74) is 7.83. The van der Waals surface area contributed by atoms with Gasteiger partial charge in [0, 0.05) is 33.5 Å². The summed E-state index contributed by atoms with van der Waals surface area (Å²) in [5.74, 6) is 0. The number of nitrogens with zero attached hydrogens (tertiary/aromatic N) is 1. The van der Waals surface area contributed by atoms with Gasteiger partial charge in [-0.15, -0.1) is 0 Å². The van der Waals surface area contributed by atoms with Gasteiger partial charge in [-0.1, -0.05) is 12.1 Å². The minimum atomic E-state index is -0.419. The molecule has 0 aliphatic carbocycles. The predicted molar refractivity (Wildman–Crippen MR) is 74.8 cm³/mol. The van der Waals surface area contributed by atoms with Crippen LogP contribution in [0.25, 0.3) is 0 Å². The van der Waals surface area contributed by atoms with E-state index in [-0.39, 0.29) is 6.29 Å². The number of aryl methyl sites for hydroxylation is 1. The Hall–Kier alpha value is -1.10. The maximum atomic E-state index is 5.93. The predicted octanol–water partition coefficient (Wildman–Crippen LogP) is 1.77. The lowest BCUT2D eigenvalue weighted by molar-refractivity contribution is -0.140. The summed E-state index contributed by atoms with van der Waals surface area (Å²) in [5, 5.41) is 0. The van der Waals surface area contributed by atoms with E-state index in [1.54, 1.807) is 14.2 Å². The minimum Gasteiger partial charge on any atom is -0.363 e. The number of rotatable bonds is 6. The highest BCUT2D eigenvalue weighted by Crippen LogP contribution is 2.27. The molecule has 0 radical (unpaired) electrons. The number of nitrogens with two attached hydrogens (primary N) is 1. The molecule has 0 aliphatic rings. The molecular weight excluding hydrogens is 228 g/mol. The van der Waals surface area contributed by atoms with Crippen LogP contribution in [0.1, 0.15) is 12.5 Å². The van der Waals surface area contributed by atoms with Crippen molar-refractivity contribution < 1.29 is 9.47 Å². The van der Waals surface area contributed by atoms with E-state index in [1.807, 2.05) is 20.0 Å². The van der Waals surface area contributed by atoms with Gasteiger partial charge < -0.3 is 20.1 Å². The number of benzene rings is 1. The fourth-order valence-corrected chi connectivity index (χ4v) is 2.13. The number of ether oxygens (including phenoxy) is 2. The van der Waals surface area contributed by atoms with Gasteiger partial charge in [0.05, 0.1) is 5.54 Å². The van der Waals surface area contributed by atoms with Gasteiger partial charge in [-0.05, 0) is 31.5 Å². The lowest BCUT2D eigenvalue weighted by atomic mass is 9.98. The van der Waals surface area contributed by atoms with E-state index in [4.69, 9.17) is 15.2 Å². The third-order valence-electron chi connectivity index (χ3n) is 3.50. The second kappa shape index (κ2) is 6.18. The standard InChI is InChI=1S/C14H24N2O2/c1-11-7-6-8-12(9-11)16(3)14(2,10-15)13(17-4)18-5/h6-9,13H,10,15H2,1-5H3. The van der Waals surface area contributed by atoms with Gasteiger partial charge in [0.25, 0.3) is 0 Å². The molecule has 2 N–H and O–H groups in total. The van der Waals surface area contributed by atoms with E-state index in [9.17, 15) is 0 Å². The van der Waals surface area contributed by atoms with Gasteiger partial charge in [0.15, 0.2) is 6.29 Å². The molecule has 102 valence electrons. The minimum absolute atomic E-state index is 0.381. The van der Waals surface area contributed by atoms with Gasteiger partial charge >= 0.3 is 0 Å². The highest BCUT2D eigenvalue weighted by atomic mass is 16.7. The van der Waals surface area contributed by atoms with E-state index in [0.29, 0.717) is 6.54 Å². The summed E-state index contributed by atoms with van der Waals surface area (Å²) in [6, 6.07) is 8.29. The van der Waals surface area contributed by atoms with Crippen molar-refractivity contribution in [2.45, 2.75) is 25.7 Å². The zero-order valence-electron chi connectivity index (χ0n) is 11.9. The Morgan fingerprint density at radius 2 is 1.94 bits per heavy atom. The number of likely N-dealkylation sites (N-methyl/N-ethyl adjacent to an activating group) is 1. The normalized spacial score (nSPS) is 14.6. The van der Waals surface area contributed by atoms with Gasteiger partial charge in [0.1, 0.15) is 0 Å². The molecule has 0 spiro atoms. The van der Waals surface area contributed by atoms with Crippen molar-refractivity contribution in [3.8, 4) is 0 Å². The molecule has 4 nitrogen and oxygen atoms in total. The second-order valence-corrected chi connectivity index (χ2v) is 4.76.